The van der Waals surface area contributed by atoms with Gasteiger partial charge in [0.2, 0.25) is 5.41 Å². The fraction of sp³-hybridized carbons (Fsp3) is 0.116. The Labute approximate surface area is 306 Å². The van der Waals surface area contributed by atoms with Crippen molar-refractivity contribution in [3.8, 4) is 28.7 Å². The molecule has 0 aliphatic rings. The van der Waals surface area contributed by atoms with Crippen LogP contribution in [0.4, 0.5) is 26.3 Å². The summed E-state index contributed by atoms with van der Waals surface area (Å²) in [5.41, 5.74) is -3.94. The molecule has 0 aliphatic carbocycles. The van der Waals surface area contributed by atoms with Gasteiger partial charge in [-0.2, -0.15) is 26.3 Å². The molecule has 0 amide bonds. The predicted molar refractivity (Wildman–Crippen MR) is 190 cm³/mol. The number of hydrogen-bond acceptors (Lipinski definition) is 5. The molecule has 0 aliphatic heterocycles. The minimum Gasteiger partial charge on any atom is -0.497 e. The standard InChI is InChI=1S/C43H30F6O5/c1-27-3-5-28(6-4-27)39(50)30-9-19-35(20-10-30)53-37-23-13-32(14-24-37)41(42(44,45)46,43(47,48)49)33-15-25-38(26-16-33)54-36-21-11-31(12-22-36)40(51)29-7-17-34(52-2)18-8-29/h3-26H,1-2H3. The third kappa shape index (κ3) is 7.57. The summed E-state index contributed by atoms with van der Waals surface area (Å²) >= 11 is 0. The second kappa shape index (κ2) is 14.9. The summed E-state index contributed by atoms with van der Waals surface area (Å²) in [4.78, 5) is 25.6. The second-order valence-electron chi connectivity index (χ2n) is 12.3. The summed E-state index contributed by atoms with van der Waals surface area (Å²) in [5.74, 6) is 0.459. The lowest BCUT2D eigenvalue weighted by atomic mass is 9.73. The molecule has 0 bridgehead atoms. The zero-order chi connectivity index (χ0) is 38.7. The van der Waals surface area contributed by atoms with Gasteiger partial charge in [0.25, 0.3) is 0 Å². The number of ether oxygens (including phenoxy) is 3. The molecular weight excluding hydrogens is 710 g/mol. The quantitative estimate of drug-likeness (QED) is 0.0978. The Hall–Kier alpha value is -6.36. The smallest absolute Gasteiger partial charge is 0.411 e. The number of methoxy groups -OCH3 is 1. The lowest BCUT2D eigenvalue weighted by Crippen LogP contribution is -2.54. The zero-order valence-corrected chi connectivity index (χ0v) is 28.7. The Kier molecular flexibility index (Phi) is 10.3. The third-order valence-electron chi connectivity index (χ3n) is 8.80. The number of rotatable bonds is 11. The van der Waals surface area contributed by atoms with Crippen LogP contribution in [0.3, 0.4) is 0 Å². The average Bonchev–Trinajstić information content (AvgIpc) is 3.16. The van der Waals surface area contributed by atoms with Gasteiger partial charge in [-0.1, -0.05) is 54.1 Å². The van der Waals surface area contributed by atoms with Crippen LogP contribution in [0.5, 0.6) is 28.7 Å². The van der Waals surface area contributed by atoms with Gasteiger partial charge in [0.1, 0.15) is 28.7 Å². The first-order valence-electron chi connectivity index (χ1n) is 16.4. The van der Waals surface area contributed by atoms with Crippen LogP contribution < -0.4 is 14.2 Å². The number of ketones is 2. The van der Waals surface area contributed by atoms with Crippen LogP contribution in [0.15, 0.2) is 146 Å². The average molecular weight is 741 g/mol. The van der Waals surface area contributed by atoms with Crippen molar-refractivity contribution in [2.45, 2.75) is 24.7 Å². The third-order valence-corrected chi connectivity index (χ3v) is 8.80. The summed E-state index contributed by atoms with van der Waals surface area (Å²) in [6.07, 6.45) is -11.6. The molecule has 54 heavy (non-hydrogen) atoms. The number of carbonyl (C=O) groups is 2. The van der Waals surface area contributed by atoms with E-state index in [4.69, 9.17) is 14.2 Å². The first-order valence-corrected chi connectivity index (χ1v) is 16.4. The van der Waals surface area contributed by atoms with Crippen molar-refractivity contribution < 1.29 is 50.1 Å². The maximum absolute atomic E-state index is 14.8. The summed E-state index contributed by atoms with van der Waals surface area (Å²) in [6.45, 7) is 1.90. The molecule has 0 N–H and O–H groups in total. The van der Waals surface area contributed by atoms with E-state index in [2.05, 4.69) is 0 Å². The second-order valence-corrected chi connectivity index (χ2v) is 12.3. The zero-order valence-electron chi connectivity index (χ0n) is 28.7. The highest BCUT2D eigenvalue weighted by Gasteiger charge is 2.72. The molecule has 0 heterocycles. The first-order chi connectivity index (χ1) is 25.7. The SMILES string of the molecule is COc1ccc(C(=O)c2ccc(Oc3ccc(C(c4ccc(Oc5ccc(C(=O)c6ccc(C)cc6)cc5)cc4)(C(F)(F)F)C(F)(F)F)cc3)cc2)cc1. The number of alkyl halides is 6. The van der Waals surface area contributed by atoms with E-state index in [0.29, 0.717) is 28.0 Å². The normalized spacial score (nSPS) is 11.9. The molecule has 6 aromatic carbocycles. The molecule has 5 nitrogen and oxygen atoms in total. The van der Waals surface area contributed by atoms with E-state index >= 15 is 0 Å². The van der Waals surface area contributed by atoms with Crippen LogP contribution in [0.2, 0.25) is 0 Å². The topological polar surface area (TPSA) is 61.8 Å². The minimum atomic E-state index is -5.80. The van der Waals surface area contributed by atoms with Crippen molar-refractivity contribution in [2.75, 3.05) is 7.11 Å². The molecule has 0 spiro atoms. The van der Waals surface area contributed by atoms with Gasteiger partial charge in [-0.15, -0.1) is 0 Å². The van der Waals surface area contributed by atoms with E-state index in [1.54, 1.807) is 36.4 Å². The lowest BCUT2D eigenvalue weighted by molar-refractivity contribution is -0.288. The van der Waals surface area contributed by atoms with Crippen molar-refractivity contribution in [2.24, 2.45) is 0 Å². The highest BCUT2D eigenvalue weighted by molar-refractivity contribution is 6.09. The molecule has 0 fully saturated rings. The predicted octanol–water partition coefficient (Wildman–Crippen LogP) is 11.5. The fourth-order valence-electron chi connectivity index (χ4n) is 5.93. The fourth-order valence-corrected chi connectivity index (χ4v) is 5.93. The van der Waals surface area contributed by atoms with Crippen LogP contribution in [-0.2, 0) is 5.41 Å². The lowest BCUT2D eigenvalue weighted by Gasteiger charge is -2.38. The summed E-state index contributed by atoms with van der Waals surface area (Å²) in [6, 6.07) is 32.4. The van der Waals surface area contributed by atoms with E-state index in [0.717, 1.165) is 54.1 Å². The van der Waals surface area contributed by atoms with Gasteiger partial charge in [-0.25, -0.2) is 0 Å². The summed E-state index contributed by atoms with van der Waals surface area (Å²) in [7, 11) is 1.50. The van der Waals surface area contributed by atoms with Gasteiger partial charge in [-0.05, 0) is 115 Å². The molecule has 0 atom stereocenters. The Morgan fingerprint density at radius 1 is 0.407 bits per heavy atom. The molecule has 0 saturated carbocycles. The molecule has 11 heteroatoms. The van der Waals surface area contributed by atoms with Crippen molar-refractivity contribution in [3.05, 3.63) is 185 Å². The van der Waals surface area contributed by atoms with Gasteiger partial charge in [0.15, 0.2) is 11.6 Å². The maximum atomic E-state index is 14.8. The molecule has 6 aromatic rings. The van der Waals surface area contributed by atoms with Gasteiger partial charge < -0.3 is 14.2 Å². The molecule has 0 saturated heterocycles. The Balaban J connectivity index is 1.20. The highest BCUT2D eigenvalue weighted by Crippen LogP contribution is 2.56. The summed E-state index contributed by atoms with van der Waals surface area (Å²) in [5, 5.41) is 0. The van der Waals surface area contributed by atoms with Crippen LogP contribution in [0.25, 0.3) is 0 Å². The number of aryl methyl sites for hydroxylation is 1. The van der Waals surface area contributed by atoms with Gasteiger partial charge >= 0.3 is 12.4 Å². The van der Waals surface area contributed by atoms with Gasteiger partial charge in [-0.3, -0.25) is 9.59 Å². The molecular formula is C43H30F6O5. The maximum Gasteiger partial charge on any atom is 0.411 e. The molecule has 274 valence electrons. The van der Waals surface area contributed by atoms with Crippen molar-refractivity contribution in [1.82, 2.24) is 0 Å². The Bertz CT molecular complexity index is 2210. The monoisotopic (exact) mass is 740 g/mol. The van der Waals surface area contributed by atoms with Crippen LogP contribution in [-0.4, -0.2) is 31.0 Å². The largest absolute Gasteiger partial charge is 0.497 e. The van der Waals surface area contributed by atoms with Crippen LogP contribution in [0.1, 0.15) is 48.5 Å². The van der Waals surface area contributed by atoms with Gasteiger partial charge in [0.05, 0.1) is 7.11 Å². The van der Waals surface area contributed by atoms with Crippen LogP contribution >= 0.6 is 0 Å². The van der Waals surface area contributed by atoms with Crippen LogP contribution in [0, 0.1) is 6.92 Å². The van der Waals surface area contributed by atoms with E-state index < -0.39 is 28.9 Å². The Morgan fingerprint density at radius 3 is 0.944 bits per heavy atom. The highest BCUT2D eigenvalue weighted by atomic mass is 19.4. The van der Waals surface area contributed by atoms with E-state index in [1.807, 2.05) is 19.1 Å². The molecule has 0 radical (unpaired) electrons. The van der Waals surface area contributed by atoms with Gasteiger partial charge in [0, 0.05) is 22.3 Å². The van der Waals surface area contributed by atoms with Crippen molar-refractivity contribution >= 4 is 11.6 Å². The molecule has 0 unspecified atom stereocenters. The number of hydrogen-bond donors (Lipinski definition) is 0. The summed E-state index contributed by atoms with van der Waals surface area (Å²) < 4.78 is 105. The minimum absolute atomic E-state index is 0.0184. The number of carbonyl (C=O) groups excluding carboxylic acids is 2. The number of halogens is 6. The molecule has 6 rings (SSSR count). The van der Waals surface area contributed by atoms with Crippen molar-refractivity contribution in [3.63, 3.8) is 0 Å². The van der Waals surface area contributed by atoms with E-state index in [1.165, 1.54) is 55.6 Å². The molecule has 0 aromatic heterocycles. The Morgan fingerprint density at radius 2 is 0.667 bits per heavy atom. The van der Waals surface area contributed by atoms with E-state index in [9.17, 15) is 35.9 Å². The first kappa shape index (κ1) is 37.4. The number of benzene rings is 6. The van der Waals surface area contributed by atoms with E-state index in [-0.39, 0.29) is 34.6 Å². The van der Waals surface area contributed by atoms with Crippen molar-refractivity contribution in [1.29, 1.82) is 0 Å².